The van der Waals surface area contributed by atoms with E-state index in [0.29, 0.717) is 5.69 Å². The van der Waals surface area contributed by atoms with Crippen molar-refractivity contribution in [1.82, 2.24) is 0 Å². The van der Waals surface area contributed by atoms with Gasteiger partial charge in [-0.15, -0.1) is 23.2 Å². The monoisotopic (exact) mass is 347 g/mol. The third-order valence-corrected chi connectivity index (χ3v) is 3.28. The molecule has 2 N–H and O–H groups in total. The molecule has 0 radical (unpaired) electrons. The van der Waals surface area contributed by atoms with Gasteiger partial charge in [-0.05, 0) is 18.2 Å². The highest BCUT2D eigenvalue weighted by atomic mass is 35.5. The number of benzene rings is 1. The van der Waals surface area contributed by atoms with Gasteiger partial charge in [0.25, 0.3) is 0 Å². The number of nitrogens with one attached hydrogen (secondary N) is 1. The highest BCUT2D eigenvalue weighted by molar-refractivity contribution is 6.21. The first kappa shape index (κ1) is 18.3. The zero-order chi connectivity index (χ0) is 16.5. The molecule has 1 aromatic rings. The Hall–Kier alpha value is -1.79. The van der Waals surface area contributed by atoms with Gasteiger partial charge in [0.2, 0.25) is 5.91 Å². The van der Waals surface area contributed by atoms with Gasteiger partial charge in [0.05, 0.1) is 23.7 Å². The van der Waals surface area contributed by atoms with Crippen molar-refractivity contribution in [3.8, 4) is 0 Å². The number of carbonyl (C=O) groups excluding carboxylic acids is 2. The Balaban J connectivity index is 2.45. The summed E-state index contributed by atoms with van der Waals surface area (Å²) in [5, 5.41) is 11.4. The highest BCUT2D eigenvalue weighted by Crippen LogP contribution is 2.11. The lowest BCUT2D eigenvalue weighted by molar-refractivity contribution is -0.148. The van der Waals surface area contributed by atoms with Crippen LogP contribution in [0.1, 0.15) is 23.2 Å². The molecule has 0 aliphatic carbocycles. The molecule has 0 bridgehead atoms. The number of halogens is 2. The van der Waals surface area contributed by atoms with Crippen molar-refractivity contribution < 1.29 is 24.2 Å². The fraction of sp³-hybridized carbons (Fsp3) is 0.357. The first-order valence-electron chi connectivity index (χ1n) is 6.41. The summed E-state index contributed by atoms with van der Waals surface area (Å²) in [5.41, 5.74) is 0.405. The quantitative estimate of drug-likeness (QED) is 0.556. The molecule has 0 fully saturated rings. The molecule has 1 amide bonds. The highest BCUT2D eigenvalue weighted by Gasteiger charge is 2.14. The van der Waals surface area contributed by atoms with Crippen molar-refractivity contribution in [2.75, 3.05) is 17.1 Å². The van der Waals surface area contributed by atoms with Crippen LogP contribution in [-0.2, 0) is 14.3 Å². The summed E-state index contributed by atoms with van der Waals surface area (Å²) in [6.07, 6.45) is -0.784. The maximum absolute atomic E-state index is 11.7. The van der Waals surface area contributed by atoms with Gasteiger partial charge in [-0.1, -0.05) is 6.07 Å². The largest absolute Gasteiger partial charge is 0.478 e. The summed E-state index contributed by atoms with van der Waals surface area (Å²) in [5.74, 6) is -1.91. The summed E-state index contributed by atoms with van der Waals surface area (Å²) in [6, 6.07) is 5.81. The third kappa shape index (κ3) is 6.32. The first-order valence-corrected chi connectivity index (χ1v) is 7.47. The van der Waals surface area contributed by atoms with Crippen LogP contribution in [0.2, 0.25) is 0 Å². The van der Waals surface area contributed by atoms with Gasteiger partial charge >= 0.3 is 11.9 Å². The van der Waals surface area contributed by atoms with Crippen molar-refractivity contribution in [3.05, 3.63) is 29.8 Å². The molecule has 6 nitrogen and oxygen atoms in total. The van der Waals surface area contributed by atoms with E-state index in [9.17, 15) is 14.4 Å². The Morgan fingerprint density at radius 2 is 1.86 bits per heavy atom. The van der Waals surface area contributed by atoms with Crippen LogP contribution in [0.15, 0.2) is 24.3 Å². The molecule has 8 heteroatoms. The number of carboxylic acid groups (broad SMARTS) is 1. The van der Waals surface area contributed by atoms with Crippen LogP contribution in [0.5, 0.6) is 0 Å². The fourth-order valence-electron chi connectivity index (χ4n) is 1.52. The molecule has 0 aliphatic heterocycles. The number of carbonyl (C=O) groups is 3. The van der Waals surface area contributed by atoms with Gasteiger partial charge in [0.15, 0.2) is 0 Å². The van der Waals surface area contributed by atoms with Crippen LogP contribution in [0.3, 0.4) is 0 Å². The molecule has 0 saturated heterocycles. The number of aromatic carboxylic acids is 1. The molecule has 1 rings (SSSR count). The topological polar surface area (TPSA) is 92.7 Å². The standard InChI is InChI=1S/C14H15Cl2NO5/c15-7-11(8-16)22-13(19)5-4-12(18)17-10-3-1-2-9(6-10)14(20)21/h1-3,6,11H,4-5,7-8H2,(H,17,18)(H,20,21). The number of rotatable bonds is 8. The molecule has 0 heterocycles. The molecule has 0 spiro atoms. The first-order chi connectivity index (χ1) is 10.5. The second-order valence-corrected chi connectivity index (χ2v) is 4.97. The number of amides is 1. The van der Waals surface area contributed by atoms with Crippen LogP contribution in [-0.4, -0.2) is 40.8 Å². The second-order valence-electron chi connectivity index (χ2n) is 4.35. The van der Waals surface area contributed by atoms with Gasteiger partial charge in [0, 0.05) is 12.1 Å². The van der Waals surface area contributed by atoms with Crippen molar-refractivity contribution >= 4 is 46.7 Å². The Morgan fingerprint density at radius 3 is 2.45 bits per heavy atom. The average Bonchev–Trinajstić information content (AvgIpc) is 2.50. The van der Waals surface area contributed by atoms with E-state index in [1.54, 1.807) is 6.07 Å². The molecular weight excluding hydrogens is 333 g/mol. The SMILES string of the molecule is O=C(CCC(=O)OC(CCl)CCl)Nc1cccc(C(=O)O)c1. The van der Waals surface area contributed by atoms with E-state index in [1.807, 2.05) is 0 Å². The molecule has 120 valence electrons. The van der Waals surface area contributed by atoms with E-state index in [1.165, 1.54) is 18.2 Å². The zero-order valence-corrected chi connectivity index (χ0v) is 13.1. The number of alkyl halides is 2. The zero-order valence-electron chi connectivity index (χ0n) is 11.6. The number of hydrogen-bond donors (Lipinski definition) is 2. The Morgan fingerprint density at radius 1 is 1.18 bits per heavy atom. The molecule has 0 saturated carbocycles. The predicted molar refractivity (Wildman–Crippen MR) is 82.6 cm³/mol. The minimum absolute atomic E-state index is 0.0595. The van der Waals surface area contributed by atoms with Crippen molar-refractivity contribution in [2.45, 2.75) is 18.9 Å². The second kappa shape index (κ2) is 9.27. The van der Waals surface area contributed by atoms with Gasteiger partial charge in [-0.25, -0.2) is 4.79 Å². The van der Waals surface area contributed by atoms with Gasteiger partial charge in [0.1, 0.15) is 6.10 Å². The number of esters is 1. The van der Waals surface area contributed by atoms with Crippen molar-refractivity contribution in [3.63, 3.8) is 0 Å². The summed E-state index contributed by atoms with van der Waals surface area (Å²) in [7, 11) is 0. The molecule has 22 heavy (non-hydrogen) atoms. The van der Waals surface area contributed by atoms with Gasteiger partial charge in [-0.2, -0.15) is 0 Å². The fourth-order valence-corrected chi connectivity index (χ4v) is 1.97. The summed E-state index contributed by atoms with van der Waals surface area (Å²) in [6.45, 7) is 0. The Bertz CT molecular complexity index is 546. The summed E-state index contributed by atoms with van der Waals surface area (Å²) in [4.78, 5) is 34.0. The maximum atomic E-state index is 11.7. The minimum Gasteiger partial charge on any atom is -0.478 e. The molecule has 0 aromatic heterocycles. The number of anilines is 1. The van der Waals surface area contributed by atoms with Crippen LogP contribution in [0.4, 0.5) is 5.69 Å². The Labute approximate surface area is 137 Å². The van der Waals surface area contributed by atoms with Crippen LogP contribution < -0.4 is 5.32 Å². The molecule has 0 aliphatic rings. The molecule has 0 atom stereocenters. The summed E-state index contributed by atoms with van der Waals surface area (Å²) < 4.78 is 4.94. The van der Waals surface area contributed by atoms with E-state index < -0.39 is 23.9 Å². The molecule has 1 aromatic carbocycles. The molecular formula is C14H15Cl2NO5. The van der Waals surface area contributed by atoms with Gasteiger partial charge in [-0.3, -0.25) is 9.59 Å². The average molecular weight is 348 g/mol. The number of ether oxygens (including phenoxy) is 1. The van der Waals surface area contributed by atoms with Crippen LogP contribution in [0.25, 0.3) is 0 Å². The van der Waals surface area contributed by atoms with Crippen molar-refractivity contribution in [2.24, 2.45) is 0 Å². The molecule has 0 unspecified atom stereocenters. The Kier molecular flexibility index (Phi) is 7.70. The number of hydrogen-bond acceptors (Lipinski definition) is 4. The lowest BCUT2D eigenvalue weighted by Gasteiger charge is -2.12. The van der Waals surface area contributed by atoms with E-state index in [0.717, 1.165) is 0 Å². The van der Waals surface area contributed by atoms with Crippen molar-refractivity contribution in [1.29, 1.82) is 0 Å². The normalized spacial score (nSPS) is 10.3. The number of carboxylic acids is 1. The predicted octanol–water partition coefficient (Wildman–Crippen LogP) is 2.49. The minimum atomic E-state index is -1.09. The van der Waals surface area contributed by atoms with E-state index in [2.05, 4.69) is 5.32 Å². The summed E-state index contributed by atoms with van der Waals surface area (Å²) >= 11 is 11.1. The smallest absolute Gasteiger partial charge is 0.335 e. The van der Waals surface area contributed by atoms with E-state index in [-0.39, 0.29) is 30.2 Å². The lowest BCUT2D eigenvalue weighted by Crippen LogP contribution is -2.22. The van der Waals surface area contributed by atoms with E-state index in [4.69, 9.17) is 33.0 Å². The van der Waals surface area contributed by atoms with Crippen LogP contribution >= 0.6 is 23.2 Å². The lowest BCUT2D eigenvalue weighted by atomic mass is 10.2. The maximum Gasteiger partial charge on any atom is 0.335 e. The third-order valence-electron chi connectivity index (χ3n) is 2.59. The van der Waals surface area contributed by atoms with Gasteiger partial charge < -0.3 is 15.2 Å². The van der Waals surface area contributed by atoms with E-state index >= 15 is 0 Å². The van der Waals surface area contributed by atoms with Crippen LogP contribution in [0, 0.1) is 0 Å².